The van der Waals surface area contributed by atoms with Crippen LogP contribution in [0.25, 0.3) is 22.4 Å². The van der Waals surface area contributed by atoms with Crippen molar-refractivity contribution in [1.82, 2.24) is 19.2 Å². The molecule has 0 fully saturated rings. The van der Waals surface area contributed by atoms with Gasteiger partial charge in [0.25, 0.3) is 5.56 Å². The summed E-state index contributed by atoms with van der Waals surface area (Å²) >= 11 is 1.27. The lowest BCUT2D eigenvalue weighted by Gasteiger charge is -2.13. The van der Waals surface area contributed by atoms with E-state index in [9.17, 15) is 18.7 Å². The predicted octanol–water partition coefficient (Wildman–Crippen LogP) is 4.77. The van der Waals surface area contributed by atoms with Crippen LogP contribution in [-0.4, -0.2) is 36.6 Å². The monoisotopic (exact) mass is 494 g/mol. The van der Waals surface area contributed by atoms with Gasteiger partial charge < -0.3 is 9.84 Å². The first-order valence-electron chi connectivity index (χ1n) is 10.7. The van der Waals surface area contributed by atoms with Crippen molar-refractivity contribution in [3.8, 4) is 11.4 Å². The standard InChI is InChI=1S/C25H20F2N4O3S/c1-15-6-10-17(11-7-15)30-22(33)19-4-2-3-5-20(19)31-24(30)28-29-25(31)35-14-21(32)16-8-12-18(13-9-16)34-23(26)27/h2-13,21,23,32H,14H2,1H3. The molecule has 5 aromatic rings. The van der Waals surface area contributed by atoms with Gasteiger partial charge in [0, 0.05) is 5.75 Å². The zero-order valence-electron chi connectivity index (χ0n) is 18.5. The Morgan fingerprint density at radius 2 is 1.71 bits per heavy atom. The second kappa shape index (κ2) is 9.47. The predicted molar refractivity (Wildman–Crippen MR) is 130 cm³/mol. The van der Waals surface area contributed by atoms with Crippen molar-refractivity contribution in [3.63, 3.8) is 0 Å². The molecule has 0 aliphatic carbocycles. The van der Waals surface area contributed by atoms with Gasteiger partial charge in [-0.2, -0.15) is 8.78 Å². The first kappa shape index (κ1) is 23.0. The fourth-order valence-electron chi connectivity index (χ4n) is 3.82. The molecule has 0 aliphatic heterocycles. The van der Waals surface area contributed by atoms with E-state index in [1.54, 1.807) is 16.5 Å². The summed E-state index contributed by atoms with van der Waals surface area (Å²) in [7, 11) is 0. The highest BCUT2D eigenvalue weighted by Crippen LogP contribution is 2.28. The Labute approximate surface area is 202 Å². The zero-order valence-corrected chi connectivity index (χ0v) is 19.3. The molecule has 35 heavy (non-hydrogen) atoms. The minimum atomic E-state index is -2.91. The minimum absolute atomic E-state index is 0.0209. The van der Waals surface area contributed by atoms with Gasteiger partial charge in [0.05, 0.1) is 22.7 Å². The van der Waals surface area contributed by atoms with Crippen molar-refractivity contribution in [1.29, 1.82) is 0 Å². The number of para-hydroxylation sites is 1. The fraction of sp³-hybridized carbons (Fsp3) is 0.160. The Kier molecular flexibility index (Phi) is 6.23. The second-order valence-corrected chi connectivity index (χ2v) is 8.87. The Bertz CT molecular complexity index is 1550. The number of aromatic nitrogens is 4. The maximum atomic E-state index is 13.4. The molecule has 0 saturated carbocycles. The van der Waals surface area contributed by atoms with E-state index in [0.29, 0.717) is 33.1 Å². The van der Waals surface area contributed by atoms with E-state index in [4.69, 9.17) is 0 Å². The van der Waals surface area contributed by atoms with Gasteiger partial charge in [-0.15, -0.1) is 10.2 Å². The molecule has 0 spiro atoms. The van der Waals surface area contributed by atoms with Crippen LogP contribution in [0.3, 0.4) is 0 Å². The first-order chi connectivity index (χ1) is 16.9. The Morgan fingerprint density at radius 1 is 1.00 bits per heavy atom. The second-order valence-electron chi connectivity index (χ2n) is 7.89. The smallest absolute Gasteiger partial charge is 0.387 e. The molecule has 1 N–H and O–H groups in total. The van der Waals surface area contributed by atoms with Crippen molar-refractivity contribution in [2.75, 3.05) is 5.75 Å². The van der Waals surface area contributed by atoms with Crippen molar-refractivity contribution in [2.45, 2.75) is 24.8 Å². The normalized spacial score (nSPS) is 12.5. The molecule has 5 rings (SSSR count). The van der Waals surface area contributed by atoms with Crippen LogP contribution in [0, 0.1) is 6.92 Å². The highest BCUT2D eigenvalue weighted by Gasteiger charge is 2.19. The number of aliphatic hydroxyl groups excluding tert-OH is 1. The van der Waals surface area contributed by atoms with Crippen molar-refractivity contribution >= 4 is 28.4 Å². The number of hydrogen-bond acceptors (Lipinski definition) is 6. The van der Waals surface area contributed by atoms with E-state index in [1.165, 1.54) is 40.6 Å². The van der Waals surface area contributed by atoms with E-state index in [1.807, 2.05) is 43.3 Å². The number of halogens is 2. The van der Waals surface area contributed by atoms with Gasteiger partial charge in [0.15, 0.2) is 5.16 Å². The maximum Gasteiger partial charge on any atom is 0.387 e. The number of hydrogen-bond donors (Lipinski definition) is 1. The Balaban J connectivity index is 1.51. The average Bonchev–Trinajstić information content (AvgIpc) is 3.27. The summed E-state index contributed by atoms with van der Waals surface area (Å²) in [6.45, 7) is -0.936. The van der Waals surface area contributed by atoms with Gasteiger partial charge >= 0.3 is 6.61 Å². The topological polar surface area (TPSA) is 81.7 Å². The number of benzene rings is 3. The number of ether oxygens (including phenoxy) is 1. The van der Waals surface area contributed by atoms with Gasteiger partial charge in [-0.1, -0.05) is 53.7 Å². The summed E-state index contributed by atoms with van der Waals surface area (Å²) in [4.78, 5) is 13.4. The third-order valence-electron chi connectivity index (χ3n) is 5.55. The summed E-state index contributed by atoms with van der Waals surface area (Å²) in [5.74, 6) is 0.615. The summed E-state index contributed by atoms with van der Waals surface area (Å²) in [5, 5.41) is 20.3. The van der Waals surface area contributed by atoms with E-state index < -0.39 is 12.7 Å². The molecule has 10 heteroatoms. The van der Waals surface area contributed by atoms with Crippen LogP contribution in [0.1, 0.15) is 17.2 Å². The zero-order chi connectivity index (χ0) is 24.5. The third-order valence-corrected chi connectivity index (χ3v) is 6.55. The molecule has 1 unspecified atom stereocenters. The molecule has 178 valence electrons. The number of aliphatic hydroxyl groups is 1. The molecule has 2 aromatic heterocycles. The van der Waals surface area contributed by atoms with Crippen LogP contribution < -0.4 is 10.3 Å². The quantitative estimate of drug-likeness (QED) is 0.328. The van der Waals surface area contributed by atoms with Crippen LogP contribution in [0.5, 0.6) is 5.75 Å². The fourth-order valence-corrected chi connectivity index (χ4v) is 4.73. The van der Waals surface area contributed by atoms with E-state index in [-0.39, 0.29) is 17.1 Å². The Morgan fingerprint density at radius 3 is 2.43 bits per heavy atom. The van der Waals surface area contributed by atoms with Gasteiger partial charge in [-0.3, -0.25) is 9.20 Å². The van der Waals surface area contributed by atoms with Crippen LogP contribution in [-0.2, 0) is 0 Å². The van der Waals surface area contributed by atoms with Crippen LogP contribution in [0.2, 0.25) is 0 Å². The summed E-state index contributed by atoms with van der Waals surface area (Å²) in [6.07, 6.45) is -0.887. The molecule has 1 atom stereocenters. The largest absolute Gasteiger partial charge is 0.435 e. The van der Waals surface area contributed by atoms with Crippen LogP contribution in [0.15, 0.2) is 82.7 Å². The SMILES string of the molecule is Cc1ccc(-n2c(=O)c3ccccc3n3c(SCC(O)c4ccc(OC(F)F)cc4)nnc23)cc1. The number of rotatable bonds is 7. The number of alkyl halides is 2. The third kappa shape index (κ3) is 4.50. The van der Waals surface area contributed by atoms with Crippen LogP contribution >= 0.6 is 11.8 Å². The molecule has 0 aliphatic rings. The van der Waals surface area contributed by atoms with Crippen molar-refractivity contribution < 1.29 is 18.6 Å². The molecular formula is C25H20F2N4O3S. The minimum Gasteiger partial charge on any atom is -0.435 e. The maximum absolute atomic E-state index is 13.4. The molecule has 0 amide bonds. The van der Waals surface area contributed by atoms with Crippen molar-refractivity contribution in [2.24, 2.45) is 0 Å². The number of nitrogens with zero attached hydrogens (tertiary/aromatic N) is 4. The first-order valence-corrected chi connectivity index (χ1v) is 11.7. The number of aryl methyl sites for hydroxylation is 1. The van der Waals surface area contributed by atoms with Gasteiger partial charge in [-0.25, -0.2) is 4.57 Å². The number of fused-ring (bicyclic) bond motifs is 3. The van der Waals surface area contributed by atoms with Crippen molar-refractivity contribution in [3.05, 3.63) is 94.3 Å². The summed E-state index contributed by atoms with van der Waals surface area (Å²) < 4.78 is 32.4. The summed E-state index contributed by atoms with van der Waals surface area (Å²) in [6, 6.07) is 20.6. The van der Waals surface area contributed by atoms with E-state index in [0.717, 1.165) is 5.56 Å². The number of thioether (sulfide) groups is 1. The highest BCUT2D eigenvalue weighted by atomic mass is 32.2. The molecule has 2 heterocycles. The van der Waals surface area contributed by atoms with Gasteiger partial charge in [0.1, 0.15) is 5.75 Å². The lowest BCUT2D eigenvalue weighted by molar-refractivity contribution is -0.0498. The van der Waals surface area contributed by atoms with E-state index >= 15 is 0 Å². The van der Waals surface area contributed by atoms with Gasteiger partial charge in [0.2, 0.25) is 5.78 Å². The molecule has 7 nitrogen and oxygen atoms in total. The average molecular weight is 495 g/mol. The van der Waals surface area contributed by atoms with E-state index in [2.05, 4.69) is 14.9 Å². The lowest BCUT2D eigenvalue weighted by Crippen LogP contribution is -2.21. The van der Waals surface area contributed by atoms with Gasteiger partial charge in [-0.05, 0) is 48.9 Å². The highest BCUT2D eigenvalue weighted by molar-refractivity contribution is 7.99. The Hall–Kier alpha value is -3.76. The summed E-state index contributed by atoms with van der Waals surface area (Å²) in [5.41, 5.74) is 2.75. The molecule has 0 saturated heterocycles. The molecule has 0 bridgehead atoms. The molecular weight excluding hydrogens is 474 g/mol. The van der Waals surface area contributed by atoms with Crippen LogP contribution in [0.4, 0.5) is 8.78 Å². The molecule has 3 aromatic carbocycles. The molecule has 0 radical (unpaired) electrons. The lowest BCUT2D eigenvalue weighted by atomic mass is 10.1.